The van der Waals surface area contributed by atoms with E-state index in [4.69, 9.17) is 10.2 Å². The molecule has 3 N–H and O–H groups in total. The van der Waals surface area contributed by atoms with Crippen LogP contribution in [0, 0.1) is 6.92 Å². The van der Waals surface area contributed by atoms with Gasteiger partial charge in [-0.15, -0.1) is 11.3 Å². The SMILES string of the molecule is CCc1cc(C(=O)NCC(O)CO)sc1C. The molecule has 1 amide bonds. The predicted molar refractivity (Wildman–Crippen MR) is 63.9 cm³/mol. The zero-order chi connectivity index (χ0) is 12.1. The van der Waals surface area contributed by atoms with E-state index >= 15 is 0 Å². The first-order chi connectivity index (χ1) is 7.58. The number of carbonyl (C=O) groups excluding carboxylic acids is 1. The first-order valence-corrected chi connectivity index (χ1v) is 6.06. The summed E-state index contributed by atoms with van der Waals surface area (Å²) < 4.78 is 0. The number of aryl methyl sites for hydroxylation is 2. The van der Waals surface area contributed by atoms with Gasteiger partial charge in [-0.05, 0) is 25.0 Å². The molecule has 1 rings (SSSR count). The van der Waals surface area contributed by atoms with E-state index in [1.165, 1.54) is 16.9 Å². The van der Waals surface area contributed by atoms with Crippen LogP contribution in [0.3, 0.4) is 0 Å². The van der Waals surface area contributed by atoms with Crippen LogP contribution in [0.2, 0.25) is 0 Å². The minimum atomic E-state index is -0.893. The topological polar surface area (TPSA) is 69.6 Å². The number of aliphatic hydroxyl groups is 2. The van der Waals surface area contributed by atoms with Crippen molar-refractivity contribution in [2.75, 3.05) is 13.2 Å². The number of hydrogen-bond donors (Lipinski definition) is 3. The summed E-state index contributed by atoms with van der Waals surface area (Å²) in [5, 5.41) is 20.3. The van der Waals surface area contributed by atoms with Gasteiger partial charge in [0, 0.05) is 11.4 Å². The molecule has 0 fully saturated rings. The summed E-state index contributed by atoms with van der Waals surface area (Å²) in [5.41, 5.74) is 1.18. The Morgan fingerprint density at radius 2 is 2.31 bits per heavy atom. The number of thiophene rings is 1. The number of hydrogen-bond acceptors (Lipinski definition) is 4. The maximum absolute atomic E-state index is 11.7. The summed E-state index contributed by atoms with van der Waals surface area (Å²) in [6.45, 7) is 3.77. The number of amides is 1. The van der Waals surface area contributed by atoms with E-state index in [1.54, 1.807) is 0 Å². The van der Waals surface area contributed by atoms with Gasteiger partial charge in [0.2, 0.25) is 0 Å². The van der Waals surface area contributed by atoms with Gasteiger partial charge in [0.1, 0.15) is 0 Å². The third kappa shape index (κ3) is 3.30. The monoisotopic (exact) mass is 243 g/mol. The van der Waals surface area contributed by atoms with Gasteiger partial charge in [-0.3, -0.25) is 4.79 Å². The third-order valence-electron chi connectivity index (χ3n) is 2.33. The molecule has 1 aromatic rings. The molecule has 0 aliphatic carbocycles. The molecule has 0 aromatic carbocycles. The van der Waals surface area contributed by atoms with Crippen molar-refractivity contribution < 1.29 is 15.0 Å². The van der Waals surface area contributed by atoms with Gasteiger partial charge in [-0.25, -0.2) is 0 Å². The van der Waals surface area contributed by atoms with Gasteiger partial charge >= 0.3 is 0 Å². The highest BCUT2D eigenvalue weighted by atomic mass is 32.1. The van der Waals surface area contributed by atoms with Gasteiger partial charge in [0.05, 0.1) is 17.6 Å². The van der Waals surface area contributed by atoms with E-state index in [9.17, 15) is 4.79 Å². The van der Waals surface area contributed by atoms with Crippen molar-refractivity contribution in [3.63, 3.8) is 0 Å². The minimum absolute atomic E-state index is 0.0771. The van der Waals surface area contributed by atoms with Crippen LogP contribution in [-0.4, -0.2) is 35.4 Å². The zero-order valence-corrected chi connectivity index (χ0v) is 10.3. The van der Waals surface area contributed by atoms with Crippen molar-refractivity contribution in [1.82, 2.24) is 5.32 Å². The molecule has 0 spiro atoms. The maximum atomic E-state index is 11.7. The van der Waals surface area contributed by atoms with E-state index < -0.39 is 6.10 Å². The molecule has 0 saturated carbocycles. The zero-order valence-electron chi connectivity index (χ0n) is 9.49. The van der Waals surface area contributed by atoms with Crippen molar-refractivity contribution in [2.45, 2.75) is 26.4 Å². The van der Waals surface area contributed by atoms with Crippen LogP contribution in [0.15, 0.2) is 6.07 Å². The summed E-state index contributed by atoms with van der Waals surface area (Å²) in [5.74, 6) is -0.194. The van der Waals surface area contributed by atoms with Crippen LogP contribution in [-0.2, 0) is 6.42 Å². The lowest BCUT2D eigenvalue weighted by Gasteiger charge is -2.07. The molecule has 1 unspecified atom stereocenters. The van der Waals surface area contributed by atoms with Crippen LogP contribution in [0.1, 0.15) is 27.0 Å². The van der Waals surface area contributed by atoms with Gasteiger partial charge < -0.3 is 15.5 Å². The molecule has 90 valence electrons. The molecule has 1 heterocycles. The highest BCUT2D eigenvalue weighted by Gasteiger charge is 2.12. The summed E-state index contributed by atoms with van der Waals surface area (Å²) in [7, 11) is 0. The Labute approximate surface area is 98.9 Å². The van der Waals surface area contributed by atoms with E-state index in [-0.39, 0.29) is 19.1 Å². The Bertz CT molecular complexity index is 362. The quantitative estimate of drug-likeness (QED) is 0.713. The second-order valence-corrected chi connectivity index (χ2v) is 4.85. The molecule has 5 heteroatoms. The van der Waals surface area contributed by atoms with Crippen LogP contribution in [0.4, 0.5) is 0 Å². The molecule has 0 aliphatic heterocycles. The Kier molecular flexibility index (Phi) is 4.92. The summed E-state index contributed by atoms with van der Waals surface area (Å²) >= 11 is 1.45. The van der Waals surface area contributed by atoms with Crippen LogP contribution in [0.5, 0.6) is 0 Å². The Hall–Kier alpha value is -0.910. The lowest BCUT2D eigenvalue weighted by molar-refractivity contribution is 0.0804. The predicted octanol–water partition coefficient (Wildman–Crippen LogP) is 0.702. The number of aliphatic hydroxyl groups excluding tert-OH is 2. The fourth-order valence-corrected chi connectivity index (χ4v) is 2.38. The normalized spacial score (nSPS) is 12.5. The lowest BCUT2D eigenvalue weighted by Crippen LogP contribution is -2.33. The highest BCUT2D eigenvalue weighted by Crippen LogP contribution is 2.21. The summed E-state index contributed by atoms with van der Waals surface area (Å²) in [6.07, 6.45) is 0.0187. The number of rotatable bonds is 5. The van der Waals surface area contributed by atoms with Gasteiger partial charge in [-0.2, -0.15) is 0 Å². The Morgan fingerprint density at radius 3 is 2.81 bits per heavy atom. The molecule has 4 nitrogen and oxygen atoms in total. The highest BCUT2D eigenvalue weighted by molar-refractivity contribution is 7.14. The molecule has 16 heavy (non-hydrogen) atoms. The summed E-state index contributed by atoms with van der Waals surface area (Å²) in [4.78, 5) is 13.5. The smallest absolute Gasteiger partial charge is 0.261 e. The second-order valence-electron chi connectivity index (χ2n) is 3.59. The fourth-order valence-electron chi connectivity index (χ4n) is 1.34. The third-order valence-corrected chi connectivity index (χ3v) is 3.43. The summed E-state index contributed by atoms with van der Waals surface area (Å²) in [6, 6.07) is 1.88. The standard InChI is InChI=1S/C11H17NO3S/c1-3-8-4-10(16-7(8)2)11(15)12-5-9(14)6-13/h4,9,13-14H,3,5-6H2,1-2H3,(H,12,15). The Morgan fingerprint density at radius 1 is 1.62 bits per heavy atom. The Balaban J connectivity index is 2.59. The first-order valence-electron chi connectivity index (χ1n) is 5.24. The van der Waals surface area contributed by atoms with Crippen molar-refractivity contribution in [2.24, 2.45) is 0 Å². The van der Waals surface area contributed by atoms with Gasteiger partial charge in [0.15, 0.2) is 0 Å². The average Bonchev–Trinajstić information content (AvgIpc) is 2.66. The molecular formula is C11H17NO3S. The lowest BCUT2D eigenvalue weighted by atomic mass is 10.2. The molecular weight excluding hydrogens is 226 g/mol. The molecule has 1 atom stereocenters. The van der Waals surface area contributed by atoms with Crippen molar-refractivity contribution >= 4 is 17.2 Å². The molecule has 0 bridgehead atoms. The van der Waals surface area contributed by atoms with Gasteiger partial charge in [-0.1, -0.05) is 6.92 Å². The largest absolute Gasteiger partial charge is 0.394 e. The number of carbonyl (C=O) groups is 1. The van der Waals surface area contributed by atoms with Crippen LogP contribution < -0.4 is 5.32 Å². The maximum Gasteiger partial charge on any atom is 0.261 e. The molecule has 0 aliphatic rings. The van der Waals surface area contributed by atoms with Crippen molar-refractivity contribution in [3.8, 4) is 0 Å². The molecule has 0 saturated heterocycles. The average molecular weight is 243 g/mol. The fraction of sp³-hybridized carbons (Fsp3) is 0.545. The van der Waals surface area contributed by atoms with Crippen molar-refractivity contribution in [3.05, 3.63) is 21.4 Å². The van der Waals surface area contributed by atoms with E-state index in [1.807, 2.05) is 19.9 Å². The van der Waals surface area contributed by atoms with Crippen LogP contribution >= 0.6 is 11.3 Å². The first kappa shape index (κ1) is 13.2. The molecule has 0 radical (unpaired) electrons. The van der Waals surface area contributed by atoms with Gasteiger partial charge in [0.25, 0.3) is 5.91 Å². The second kappa shape index (κ2) is 5.98. The van der Waals surface area contributed by atoms with Crippen LogP contribution in [0.25, 0.3) is 0 Å². The molecule has 1 aromatic heterocycles. The van der Waals surface area contributed by atoms with E-state index in [2.05, 4.69) is 5.32 Å². The minimum Gasteiger partial charge on any atom is -0.394 e. The van der Waals surface area contributed by atoms with Crippen molar-refractivity contribution in [1.29, 1.82) is 0 Å². The van der Waals surface area contributed by atoms with E-state index in [0.717, 1.165) is 11.3 Å². The van der Waals surface area contributed by atoms with E-state index in [0.29, 0.717) is 4.88 Å². The number of nitrogens with one attached hydrogen (secondary N) is 1.